The van der Waals surface area contributed by atoms with Gasteiger partial charge in [-0.25, -0.2) is 0 Å². The van der Waals surface area contributed by atoms with Crippen LogP contribution in [0.5, 0.6) is 0 Å². The van der Waals surface area contributed by atoms with Crippen molar-refractivity contribution >= 4 is 17.8 Å². The van der Waals surface area contributed by atoms with Crippen molar-refractivity contribution in [2.75, 3.05) is 11.9 Å². The maximum Gasteiger partial charge on any atom is 0.302 e. The molecule has 17 heavy (non-hydrogen) atoms. The van der Waals surface area contributed by atoms with Gasteiger partial charge in [0, 0.05) is 12.5 Å². The monoisotopic (exact) mass is 237 g/mol. The Morgan fingerprint density at radius 1 is 1.53 bits per heavy atom. The number of carbonyl (C=O) groups excluding carboxylic acids is 2. The standard InChI is InChI=1S/C11H15N3O3/c1-2-5-12-10(16)8-6-17-11(13-8)14-9(15)7-3-4-7/h6-7H,2-5H2,1H3,(H,12,16)(H,13,14,15). The fourth-order valence-electron chi connectivity index (χ4n) is 1.32. The van der Waals surface area contributed by atoms with Gasteiger partial charge in [0.15, 0.2) is 5.69 Å². The van der Waals surface area contributed by atoms with Crippen molar-refractivity contribution < 1.29 is 14.0 Å². The molecule has 0 aromatic carbocycles. The lowest BCUT2D eigenvalue weighted by Gasteiger charge is -1.98. The number of hydrogen-bond acceptors (Lipinski definition) is 4. The zero-order chi connectivity index (χ0) is 12.3. The molecule has 1 aliphatic carbocycles. The normalized spacial score (nSPS) is 14.4. The third kappa shape index (κ3) is 3.05. The van der Waals surface area contributed by atoms with Crippen LogP contribution in [0, 0.1) is 5.92 Å². The van der Waals surface area contributed by atoms with Gasteiger partial charge < -0.3 is 9.73 Å². The summed E-state index contributed by atoms with van der Waals surface area (Å²) in [7, 11) is 0. The van der Waals surface area contributed by atoms with E-state index in [2.05, 4.69) is 15.6 Å². The minimum Gasteiger partial charge on any atom is -0.431 e. The summed E-state index contributed by atoms with van der Waals surface area (Å²) < 4.78 is 5.01. The van der Waals surface area contributed by atoms with Crippen LogP contribution in [0.2, 0.25) is 0 Å². The number of nitrogens with zero attached hydrogens (tertiary/aromatic N) is 1. The number of carbonyl (C=O) groups is 2. The predicted octanol–water partition coefficient (Wildman–Crippen LogP) is 1.16. The first-order valence-electron chi connectivity index (χ1n) is 5.75. The number of hydrogen-bond donors (Lipinski definition) is 2. The zero-order valence-corrected chi connectivity index (χ0v) is 9.66. The molecule has 1 aliphatic rings. The van der Waals surface area contributed by atoms with Gasteiger partial charge in [-0.05, 0) is 19.3 Å². The molecular formula is C11H15N3O3. The third-order valence-electron chi connectivity index (χ3n) is 2.45. The number of rotatable bonds is 5. The second kappa shape index (κ2) is 4.99. The average molecular weight is 237 g/mol. The molecule has 0 atom stereocenters. The van der Waals surface area contributed by atoms with Crippen LogP contribution in [0.15, 0.2) is 10.7 Å². The van der Waals surface area contributed by atoms with Crippen molar-refractivity contribution in [2.45, 2.75) is 26.2 Å². The van der Waals surface area contributed by atoms with Crippen molar-refractivity contribution in [2.24, 2.45) is 5.92 Å². The Morgan fingerprint density at radius 2 is 2.29 bits per heavy atom. The number of aromatic nitrogens is 1. The first-order chi connectivity index (χ1) is 8.20. The van der Waals surface area contributed by atoms with Crippen LogP contribution in [-0.2, 0) is 4.79 Å². The molecule has 2 amide bonds. The van der Waals surface area contributed by atoms with Gasteiger partial charge >= 0.3 is 6.01 Å². The highest BCUT2D eigenvalue weighted by Gasteiger charge is 2.30. The second-order valence-electron chi connectivity index (χ2n) is 4.06. The molecular weight excluding hydrogens is 222 g/mol. The molecule has 1 saturated carbocycles. The van der Waals surface area contributed by atoms with Crippen molar-refractivity contribution in [3.05, 3.63) is 12.0 Å². The lowest BCUT2D eigenvalue weighted by Crippen LogP contribution is -2.24. The summed E-state index contributed by atoms with van der Waals surface area (Å²) in [6.45, 7) is 2.56. The Bertz CT molecular complexity index is 423. The van der Waals surface area contributed by atoms with Crippen molar-refractivity contribution in [1.29, 1.82) is 0 Å². The number of nitrogens with one attached hydrogen (secondary N) is 2. The molecule has 6 heteroatoms. The third-order valence-corrected chi connectivity index (χ3v) is 2.45. The van der Waals surface area contributed by atoms with Gasteiger partial charge in [0.2, 0.25) is 5.91 Å². The molecule has 1 heterocycles. The highest BCUT2D eigenvalue weighted by atomic mass is 16.4. The van der Waals surface area contributed by atoms with Crippen LogP contribution in [0.4, 0.5) is 6.01 Å². The second-order valence-corrected chi connectivity index (χ2v) is 4.06. The molecule has 2 rings (SSSR count). The maximum absolute atomic E-state index is 11.5. The Balaban J connectivity index is 1.90. The maximum atomic E-state index is 11.5. The fraction of sp³-hybridized carbons (Fsp3) is 0.545. The molecule has 0 bridgehead atoms. The SMILES string of the molecule is CCCNC(=O)c1coc(NC(=O)C2CC2)n1. The Morgan fingerprint density at radius 3 is 2.94 bits per heavy atom. The Hall–Kier alpha value is -1.85. The van der Waals surface area contributed by atoms with Crippen LogP contribution < -0.4 is 10.6 Å². The van der Waals surface area contributed by atoms with E-state index in [1.54, 1.807) is 0 Å². The summed E-state index contributed by atoms with van der Waals surface area (Å²) in [6.07, 6.45) is 3.93. The molecule has 1 aromatic heterocycles. The van der Waals surface area contributed by atoms with Crippen molar-refractivity contribution in [1.82, 2.24) is 10.3 Å². The van der Waals surface area contributed by atoms with E-state index in [1.807, 2.05) is 6.92 Å². The summed E-state index contributed by atoms with van der Waals surface area (Å²) in [5.41, 5.74) is 0.185. The van der Waals surface area contributed by atoms with Gasteiger partial charge in [-0.15, -0.1) is 0 Å². The highest BCUT2D eigenvalue weighted by Crippen LogP contribution is 2.29. The van der Waals surface area contributed by atoms with Crippen molar-refractivity contribution in [3.8, 4) is 0 Å². The Labute approximate surface area is 98.8 Å². The molecule has 1 aromatic rings. The van der Waals surface area contributed by atoms with Gasteiger partial charge in [-0.3, -0.25) is 14.9 Å². The lowest BCUT2D eigenvalue weighted by molar-refractivity contribution is -0.117. The van der Waals surface area contributed by atoms with E-state index >= 15 is 0 Å². The van der Waals surface area contributed by atoms with Crippen molar-refractivity contribution in [3.63, 3.8) is 0 Å². The van der Waals surface area contributed by atoms with E-state index in [1.165, 1.54) is 6.26 Å². The molecule has 0 saturated heterocycles. The van der Waals surface area contributed by atoms with Crippen LogP contribution in [0.3, 0.4) is 0 Å². The lowest BCUT2D eigenvalue weighted by atomic mass is 10.4. The van der Waals surface area contributed by atoms with E-state index in [-0.39, 0.29) is 29.4 Å². The van der Waals surface area contributed by atoms with Gasteiger partial charge in [-0.2, -0.15) is 4.98 Å². The summed E-state index contributed by atoms with van der Waals surface area (Å²) in [5, 5.41) is 5.21. The van der Waals surface area contributed by atoms with Crippen LogP contribution in [0.25, 0.3) is 0 Å². The van der Waals surface area contributed by atoms with Gasteiger partial charge in [-0.1, -0.05) is 6.92 Å². The number of oxazole rings is 1. The highest BCUT2D eigenvalue weighted by molar-refractivity contribution is 5.94. The zero-order valence-electron chi connectivity index (χ0n) is 9.66. The largest absolute Gasteiger partial charge is 0.431 e. The van der Waals surface area contributed by atoms with Gasteiger partial charge in [0.05, 0.1) is 0 Å². The van der Waals surface area contributed by atoms with E-state index < -0.39 is 0 Å². The predicted molar refractivity (Wildman–Crippen MR) is 60.5 cm³/mol. The first kappa shape index (κ1) is 11.6. The van der Waals surface area contributed by atoms with E-state index in [0.717, 1.165) is 19.3 Å². The van der Waals surface area contributed by atoms with Crippen LogP contribution >= 0.6 is 0 Å². The van der Waals surface area contributed by atoms with E-state index in [9.17, 15) is 9.59 Å². The molecule has 0 radical (unpaired) electrons. The molecule has 92 valence electrons. The molecule has 0 spiro atoms. The quantitative estimate of drug-likeness (QED) is 0.804. The Kier molecular flexibility index (Phi) is 3.41. The average Bonchev–Trinajstić information content (AvgIpc) is 3.07. The first-order valence-corrected chi connectivity index (χ1v) is 5.75. The molecule has 6 nitrogen and oxygen atoms in total. The van der Waals surface area contributed by atoms with Gasteiger partial charge in [0.1, 0.15) is 6.26 Å². The van der Waals surface area contributed by atoms with E-state index in [0.29, 0.717) is 6.54 Å². The van der Waals surface area contributed by atoms with Crippen LogP contribution in [-0.4, -0.2) is 23.3 Å². The molecule has 1 fully saturated rings. The summed E-state index contributed by atoms with van der Waals surface area (Å²) in [6, 6.07) is 0.0866. The number of amides is 2. The van der Waals surface area contributed by atoms with E-state index in [4.69, 9.17) is 4.42 Å². The summed E-state index contributed by atoms with van der Waals surface area (Å²) in [5.74, 6) is -0.297. The van der Waals surface area contributed by atoms with Crippen LogP contribution in [0.1, 0.15) is 36.7 Å². The fourth-order valence-corrected chi connectivity index (χ4v) is 1.32. The minimum atomic E-state index is -0.289. The smallest absolute Gasteiger partial charge is 0.302 e. The molecule has 0 aliphatic heterocycles. The van der Waals surface area contributed by atoms with Gasteiger partial charge in [0.25, 0.3) is 5.91 Å². The summed E-state index contributed by atoms with van der Waals surface area (Å²) in [4.78, 5) is 26.8. The summed E-state index contributed by atoms with van der Waals surface area (Å²) >= 11 is 0. The topological polar surface area (TPSA) is 84.2 Å². The minimum absolute atomic E-state index is 0.0827. The number of anilines is 1. The molecule has 0 unspecified atom stereocenters. The molecule has 2 N–H and O–H groups in total.